The van der Waals surface area contributed by atoms with E-state index in [2.05, 4.69) is 26.1 Å². The van der Waals surface area contributed by atoms with Crippen LogP contribution in [0.15, 0.2) is 24.3 Å². The van der Waals surface area contributed by atoms with Gasteiger partial charge in [-0.1, -0.05) is 58.9 Å². The van der Waals surface area contributed by atoms with E-state index in [1.807, 2.05) is 38.1 Å². The molecule has 0 unspecified atom stereocenters. The number of rotatable bonds is 6. The minimum absolute atomic E-state index is 0.0469. The van der Waals surface area contributed by atoms with Crippen LogP contribution in [0.3, 0.4) is 0 Å². The number of carbonyl (C=O) groups excluding carboxylic acids is 3. The van der Waals surface area contributed by atoms with E-state index in [4.69, 9.17) is 0 Å². The van der Waals surface area contributed by atoms with E-state index in [9.17, 15) is 22.8 Å². The van der Waals surface area contributed by atoms with Crippen LogP contribution < -0.4 is 5.32 Å². The van der Waals surface area contributed by atoms with Gasteiger partial charge in [-0.3, -0.25) is 14.5 Å². The van der Waals surface area contributed by atoms with Crippen LogP contribution in [0.4, 0.5) is 4.79 Å². The van der Waals surface area contributed by atoms with Gasteiger partial charge in [0.1, 0.15) is 12.1 Å². The summed E-state index contributed by atoms with van der Waals surface area (Å²) in [4.78, 5) is 41.7. The quantitative estimate of drug-likeness (QED) is 0.634. The summed E-state index contributed by atoms with van der Waals surface area (Å²) in [6.45, 7) is 11.8. The Kier molecular flexibility index (Phi) is 6.68. The van der Waals surface area contributed by atoms with E-state index >= 15 is 0 Å². The predicted octanol–water partition coefficient (Wildman–Crippen LogP) is 2.42. The summed E-state index contributed by atoms with van der Waals surface area (Å²) >= 11 is 0. The second-order valence-electron chi connectivity index (χ2n) is 10.8. The van der Waals surface area contributed by atoms with Crippen LogP contribution in [0.5, 0.6) is 0 Å². The van der Waals surface area contributed by atoms with Crippen molar-refractivity contribution in [1.82, 2.24) is 15.1 Å². The van der Waals surface area contributed by atoms with Crippen LogP contribution >= 0.6 is 0 Å². The van der Waals surface area contributed by atoms with Crippen molar-refractivity contribution in [2.45, 2.75) is 65.0 Å². The van der Waals surface area contributed by atoms with Crippen molar-refractivity contribution in [1.29, 1.82) is 0 Å². The van der Waals surface area contributed by atoms with Crippen molar-refractivity contribution < 1.29 is 22.8 Å². The predicted molar refractivity (Wildman–Crippen MR) is 126 cm³/mol. The summed E-state index contributed by atoms with van der Waals surface area (Å²) in [6, 6.07) is 6.50. The number of carbonyl (C=O) groups is 3. The van der Waals surface area contributed by atoms with Gasteiger partial charge in [0.05, 0.1) is 11.5 Å². The minimum Gasteiger partial charge on any atom is -0.337 e. The highest BCUT2D eigenvalue weighted by Crippen LogP contribution is 2.31. The highest BCUT2D eigenvalue weighted by Gasteiger charge is 2.50. The Balaban J connectivity index is 1.80. The number of hydrogen-bond donors (Lipinski definition) is 1. The Bertz CT molecular complexity index is 1040. The summed E-state index contributed by atoms with van der Waals surface area (Å²) in [5, 5.41) is 2.74. The standard InChI is InChI=1S/C24H35N3O5S/c1-16(2)13-26(19-11-12-33(31,32)15-19)20(28)14-27-21(29)24(6,25-22(27)30)18-9-7-17(8-10-18)23(3,4)5/h7-10,16,19H,11-15H2,1-6H3,(H,25,30)/t19-,24-/m1/s1. The average Bonchev–Trinajstić information content (AvgIpc) is 3.17. The van der Waals surface area contributed by atoms with Gasteiger partial charge in [0.2, 0.25) is 5.91 Å². The Morgan fingerprint density at radius 2 is 1.82 bits per heavy atom. The maximum atomic E-state index is 13.3. The maximum Gasteiger partial charge on any atom is 0.325 e. The third kappa shape index (κ3) is 5.23. The molecular formula is C24H35N3O5S. The lowest BCUT2D eigenvalue weighted by Crippen LogP contribution is -2.49. The Morgan fingerprint density at radius 3 is 2.30 bits per heavy atom. The van der Waals surface area contributed by atoms with Crippen molar-refractivity contribution in [3.05, 3.63) is 35.4 Å². The van der Waals surface area contributed by atoms with Crippen LogP contribution in [0.25, 0.3) is 0 Å². The number of imide groups is 1. The lowest BCUT2D eigenvalue weighted by molar-refractivity contribution is -0.140. The number of amides is 4. The van der Waals surface area contributed by atoms with Gasteiger partial charge in [0, 0.05) is 12.6 Å². The molecule has 9 heteroatoms. The number of benzene rings is 1. The molecule has 0 saturated carbocycles. The normalized spacial score (nSPS) is 24.9. The van der Waals surface area contributed by atoms with Crippen LogP contribution in [0, 0.1) is 5.92 Å². The van der Waals surface area contributed by atoms with E-state index in [1.54, 1.807) is 6.92 Å². The van der Waals surface area contributed by atoms with E-state index in [0.717, 1.165) is 10.5 Å². The molecule has 2 aliphatic heterocycles. The number of nitrogens with one attached hydrogen (secondary N) is 1. The van der Waals surface area contributed by atoms with Gasteiger partial charge in [-0.2, -0.15) is 0 Å². The highest BCUT2D eigenvalue weighted by molar-refractivity contribution is 7.91. The van der Waals surface area contributed by atoms with E-state index in [-0.39, 0.29) is 22.8 Å². The molecule has 1 N–H and O–H groups in total. The first kappa shape index (κ1) is 25.2. The molecule has 2 aliphatic rings. The summed E-state index contributed by atoms with van der Waals surface area (Å²) in [7, 11) is -3.18. The molecule has 2 heterocycles. The maximum absolute atomic E-state index is 13.3. The number of hydrogen-bond acceptors (Lipinski definition) is 5. The summed E-state index contributed by atoms with van der Waals surface area (Å²) in [6.07, 6.45) is 0.374. The molecule has 0 spiro atoms. The largest absolute Gasteiger partial charge is 0.337 e. The molecule has 0 aliphatic carbocycles. The lowest BCUT2D eigenvalue weighted by Gasteiger charge is -2.31. The van der Waals surface area contributed by atoms with Gasteiger partial charge in [-0.05, 0) is 35.8 Å². The molecule has 2 atom stereocenters. The SMILES string of the molecule is CC(C)CN(C(=O)CN1C(=O)N[C@](C)(c2ccc(C(C)(C)C)cc2)C1=O)[C@@H]1CCS(=O)(=O)C1. The zero-order valence-corrected chi connectivity index (χ0v) is 21.2. The van der Waals surface area contributed by atoms with Crippen molar-refractivity contribution in [2.75, 3.05) is 24.6 Å². The fraction of sp³-hybridized carbons (Fsp3) is 0.625. The van der Waals surface area contributed by atoms with Crippen molar-refractivity contribution in [3.63, 3.8) is 0 Å². The molecule has 1 aromatic rings. The first-order chi connectivity index (χ1) is 15.1. The van der Waals surface area contributed by atoms with Crippen molar-refractivity contribution in [3.8, 4) is 0 Å². The number of nitrogens with zero attached hydrogens (tertiary/aromatic N) is 2. The van der Waals surface area contributed by atoms with Crippen LogP contribution in [0.1, 0.15) is 59.1 Å². The molecule has 2 saturated heterocycles. The van der Waals surface area contributed by atoms with Crippen LogP contribution in [-0.4, -0.2) is 66.7 Å². The van der Waals surface area contributed by atoms with Gasteiger partial charge in [0.15, 0.2) is 9.84 Å². The Hall–Kier alpha value is -2.42. The molecule has 4 amide bonds. The molecule has 3 rings (SSSR count). The van der Waals surface area contributed by atoms with Gasteiger partial charge in [0.25, 0.3) is 5.91 Å². The molecule has 1 aromatic carbocycles. The number of sulfone groups is 1. The van der Waals surface area contributed by atoms with Gasteiger partial charge >= 0.3 is 6.03 Å². The molecule has 33 heavy (non-hydrogen) atoms. The fourth-order valence-electron chi connectivity index (χ4n) is 4.43. The van der Waals surface area contributed by atoms with Crippen molar-refractivity contribution in [2.24, 2.45) is 5.92 Å². The first-order valence-corrected chi connectivity index (χ1v) is 13.2. The molecule has 0 bridgehead atoms. The summed E-state index contributed by atoms with van der Waals surface area (Å²) in [5.74, 6) is -0.823. The lowest BCUT2D eigenvalue weighted by atomic mass is 9.84. The third-order valence-electron chi connectivity index (χ3n) is 6.43. The fourth-order valence-corrected chi connectivity index (χ4v) is 6.17. The van der Waals surface area contributed by atoms with E-state index < -0.39 is 45.8 Å². The van der Waals surface area contributed by atoms with Crippen LogP contribution in [0.2, 0.25) is 0 Å². The first-order valence-electron chi connectivity index (χ1n) is 11.4. The highest BCUT2D eigenvalue weighted by atomic mass is 32.2. The number of urea groups is 1. The topological polar surface area (TPSA) is 104 Å². The van der Waals surface area contributed by atoms with E-state index in [0.29, 0.717) is 18.5 Å². The monoisotopic (exact) mass is 477 g/mol. The zero-order chi connectivity index (χ0) is 24.8. The minimum atomic E-state index is -3.18. The third-order valence-corrected chi connectivity index (χ3v) is 8.18. The van der Waals surface area contributed by atoms with Gasteiger partial charge in [-0.25, -0.2) is 13.2 Å². The zero-order valence-electron chi connectivity index (χ0n) is 20.3. The Morgan fingerprint density at radius 1 is 1.21 bits per heavy atom. The second-order valence-corrected chi connectivity index (χ2v) is 13.0. The molecular weight excluding hydrogens is 442 g/mol. The molecule has 8 nitrogen and oxygen atoms in total. The van der Waals surface area contributed by atoms with Crippen molar-refractivity contribution >= 4 is 27.7 Å². The molecule has 0 radical (unpaired) electrons. The molecule has 182 valence electrons. The second kappa shape index (κ2) is 8.74. The summed E-state index contributed by atoms with van der Waals surface area (Å²) in [5.41, 5.74) is 0.432. The van der Waals surface area contributed by atoms with Gasteiger partial charge < -0.3 is 10.2 Å². The summed E-state index contributed by atoms with van der Waals surface area (Å²) < 4.78 is 23.9. The van der Waals surface area contributed by atoms with E-state index in [1.165, 1.54) is 4.90 Å². The molecule has 0 aromatic heterocycles. The molecule has 2 fully saturated rings. The Labute approximate surface area is 196 Å². The average molecular weight is 478 g/mol. The smallest absolute Gasteiger partial charge is 0.325 e. The van der Waals surface area contributed by atoms with Gasteiger partial charge in [-0.15, -0.1) is 0 Å². The van der Waals surface area contributed by atoms with Crippen LogP contribution in [-0.2, 0) is 30.4 Å².